The van der Waals surface area contributed by atoms with E-state index in [-0.39, 0.29) is 17.8 Å². The van der Waals surface area contributed by atoms with Gasteiger partial charge < -0.3 is 10.6 Å². The Morgan fingerprint density at radius 2 is 1.92 bits per heavy atom. The number of hydrogen-bond donors (Lipinski definition) is 2. The van der Waals surface area contributed by atoms with Gasteiger partial charge in [-0.1, -0.05) is 35.9 Å². The molecule has 0 saturated heterocycles. The fraction of sp³-hybridized carbons (Fsp3) is 0.111. The van der Waals surface area contributed by atoms with E-state index in [2.05, 4.69) is 10.6 Å². The van der Waals surface area contributed by atoms with Gasteiger partial charge in [0.05, 0.1) is 5.56 Å². The molecule has 0 saturated carbocycles. The number of nitrogens with zero attached hydrogens (tertiary/aromatic N) is 1. The molecule has 0 spiro atoms. The molecule has 26 heavy (non-hydrogen) atoms. The second kappa shape index (κ2) is 8.41. The van der Waals surface area contributed by atoms with Crippen LogP contribution in [-0.4, -0.2) is 5.91 Å². The van der Waals surface area contributed by atoms with Crippen molar-refractivity contribution in [3.05, 3.63) is 76.5 Å². The molecule has 0 bridgehead atoms. The standard InChI is InChI=1S/C18H13ClF3N3O/c19-16-7-2-1-4-12(16)10-25-17(26)13(9-23)11-24-15-6-3-5-14(8-15)18(20,21)22/h1-8,11,24H,10H2,(H,25,26)/b13-11-. The zero-order valence-electron chi connectivity index (χ0n) is 13.3. The number of carbonyl (C=O) groups is 1. The van der Waals surface area contributed by atoms with Gasteiger partial charge in [-0.05, 0) is 29.8 Å². The maximum absolute atomic E-state index is 12.7. The molecule has 0 aliphatic carbocycles. The van der Waals surface area contributed by atoms with Crippen molar-refractivity contribution < 1.29 is 18.0 Å². The molecule has 134 valence electrons. The fourth-order valence-corrected chi connectivity index (χ4v) is 2.20. The van der Waals surface area contributed by atoms with Crippen LogP contribution in [0.25, 0.3) is 0 Å². The van der Waals surface area contributed by atoms with Crippen molar-refractivity contribution >= 4 is 23.2 Å². The third kappa shape index (κ3) is 5.26. The van der Waals surface area contributed by atoms with Gasteiger partial charge in [-0.25, -0.2) is 0 Å². The van der Waals surface area contributed by atoms with E-state index in [0.717, 1.165) is 18.3 Å². The molecule has 2 aromatic rings. The van der Waals surface area contributed by atoms with Crippen molar-refractivity contribution in [1.82, 2.24) is 5.32 Å². The van der Waals surface area contributed by atoms with Gasteiger partial charge in [0.1, 0.15) is 11.6 Å². The smallest absolute Gasteiger partial charge is 0.360 e. The lowest BCUT2D eigenvalue weighted by molar-refractivity contribution is -0.137. The highest BCUT2D eigenvalue weighted by Gasteiger charge is 2.30. The van der Waals surface area contributed by atoms with Gasteiger partial charge in [-0.15, -0.1) is 0 Å². The molecular weight excluding hydrogens is 367 g/mol. The molecular formula is C18H13ClF3N3O. The van der Waals surface area contributed by atoms with E-state index in [4.69, 9.17) is 16.9 Å². The summed E-state index contributed by atoms with van der Waals surface area (Å²) in [4.78, 5) is 12.0. The SMILES string of the molecule is N#C/C(=C/Nc1cccc(C(F)(F)F)c1)C(=O)NCc1ccccc1Cl. The number of rotatable bonds is 5. The molecule has 0 aromatic heterocycles. The summed E-state index contributed by atoms with van der Waals surface area (Å²) in [5.41, 5.74) is -0.343. The molecule has 2 aromatic carbocycles. The summed E-state index contributed by atoms with van der Waals surface area (Å²) in [5, 5.41) is 14.6. The van der Waals surface area contributed by atoms with Gasteiger partial charge in [0.25, 0.3) is 5.91 Å². The first-order valence-electron chi connectivity index (χ1n) is 7.37. The van der Waals surface area contributed by atoms with E-state index in [1.807, 2.05) is 0 Å². The molecule has 4 nitrogen and oxygen atoms in total. The number of hydrogen-bond acceptors (Lipinski definition) is 3. The zero-order valence-corrected chi connectivity index (χ0v) is 14.0. The summed E-state index contributed by atoms with van der Waals surface area (Å²) in [6, 6.07) is 13.0. The Hall–Kier alpha value is -2.98. The van der Waals surface area contributed by atoms with Gasteiger partial charge in [0, 0.05) is 23.5 Å². The van der Waals surface area contributed by atoms with Crippen molar-refractivity contribution in [2.45, 2.75) is 12.7 Å². The molecule has 0 fully saturated rings. The molecule has 0 unspecified atom stereocenters. The van der Waals surface area contributed by atoms with Gasteiger partial charge in [-0.3, -0.25) is 4.79 Å². The van der Waals surface area contributed by atoms with Crippen molar-refractivity contribution in [1.29, 1.82) is 5.26 Å². The van der Waals surface area contributed by atoms with Crippen LogP contribution in [0.5, 0.6) is 0 Å². The minimum Gasteiger partial charge on any atom is -0.360 e. The quantitative estimate of drug-likeness (QED) is 0.594. The number of carbonyl (C=O) groups excluding carboxylic acids is 1. The lowest BCUT2D eigenvalue weighted by Crippen LogP contribution is -2.24. The minimum absolute atomic E-state index is 0.103. The summed E-state index contributed by atoms with van der Waals surface area (Å²) in [5.74, 6) is -0.674. The van der Waals surface area contributed by atoms with E-state index in [9.17, 15) is 18.0 Å². The highest BCUT2D eigenvalue weighted by molar-refractivity contribution is 6.31. The Balaban J connectivity index is 2.05. The Labute approximate surface area is 152 Å². The number of nitriles is 1. The van der Waals surface area contributed by atoms with Gasteiger partial charge >= 0.3 is 6.18 Å². The number of halogens is 4. The fourth-order valence-electron chi connectivity index (χ4n) is 2.00. The molecule has 0 atom stereocenters. The highest BCUT2D eigenvalue weighted by Crippen LogP contribution is 2.30. The van der Waals surface area contributed by atoms with Crippen LogP contribution in [0.3, 0.4) is 0 Å². The predicted molar refractivity (Wildman–Crippen MR) is 92.1 cm³/mol. The molecule has 0 aliphatic heterocycles. The average molecular weight is 380 g/mol. The van der Waals surface area contributed by atoms with Crippen LogP contribution in [0.2, 0.25) is 5.02 Å². The predicted octanol–water partition coefficient (Wildman–Crippen LogP) is 4.49. The third-order valence-corrected chi connectivity index (χ3v) is 3.70. The lowest BCUT2D eigenvalue weighted by atomic mass is 10.2. The number of alkyl halides is 3. The van der Waals surface area contributed by atoms with Crippen LogP contribution >= 0.6 is 11.6 Å². The van der Waals surface area contributed by atoms with Crippen molar-refractivity contribution in [3.8, 4) is 6.07 Å². The lowest BCUT2D eigenvalue weighted by Gasteiger charge is -2.09. The maximum atomic E-state index is 12.7. The van der Waals surface area contributed by atoms with Gasteiger partial charge in [0.15, 0.2) is 0 Å². The summed E-state index contributed by atoms with van der Waals surface area (Å²) in [6.45, 7) is 0.112. The monoisotopic (exact) mass is 379 g/mol. The van der Waals surface area contributed by atoms with Gasteiger partial charge in [-0.2, -0.15) is 18.4 Å². The Kier molecular flexibility index (Phi) is 6.26. The minimum atomic E-state index is -4.48. The second-order valence-electron chi connectivity index (χ2n) is 5.17. The van der Waals surface area contributed by atoms with E-state index >= 15 is 0 Å². The normalized spacial score (nSPS) is 11.6. The maximum Gasteiger partial charge on any atom is 0.416 e. The molecule has 8 heteroatoms. The Morgan fingerprint density at radius 3 is 2.58 bits per heavy atom. The highest BCUT2D eigenvalue weighted by atomic mass is 35.5. The molecule has 0 heterocycles. The van der Waals surface area contributed by atoms with Crippen LogP contribution in [0, 0.1) is 11.3 Å². The molecule has 0 radical (unpaired) electrons. The summed E-state index contributed by atoms with van der Waals surface area (Å²) in [7, 11) is 0. The first-order valence-corrected chi connectivity index (χ1v) is 7.74. The number of benzene rings is 2. The summed E-state index contributed by atoms with van der Waals surface area (Å²) < 4.78 is 38.1. The molecule has 0 aliphatic rings. The molecule has 1 amide bonds. The first kappa shape index (κ1) is 19.3. The van der Waals surface area contributed by atoms with Crippen molar-refractivity contribution in [3.63, 3.8) is 0 Å². The zero-order chi connectivity index (χ0) is 19.2. The van der Waals surface area contributed by atoms with E-state index in [1.54, 1.807) is 30.3 Å². The summed E-state index contributed by atoms with van der Waals surface area (Å²) >= 11 is 5.98. The molecule has 2 rings (SSSR count). The van der Waals surface area contributed by atoms with Crippen LogP contribution < -0.4 is 10.6 Å². The third-order valence-electron chi connectivity index (χ3n) is 3.34. The van der Waals surface area contributed by atoms with Crippen LogP contribution in [-0.2, 0) is 17.5 Å². The van der Waals surface area contributed by atoms with E-state index in [0.29, 0.717) is 10.6 Å². The largest absolute Gasteiger partial charge is 0.416 e. The topological polar surface area (TPSA) is 64.9 Å². The van der Waals surface area contributed by atoms with Crippen LogP contribution in [0.15, 0.2) is 60.3 Å². The first-order chi connectivity index (χ1) is 12.3. The van der Waals surface area contributed by atoms with E-state index in [1.165, 1.54) is 12.1 Å². The number of amides is 1. The van der Waals surface area contributed by atoms with E-state index < -0.39 is 17.6 Å². The second-order valence-corrected chi connectivity index (χ2v) is 5.57. The Bertz CT molecular complexity index is 872. The van der Waals surface area contributed by atoms with Crippen LogP contribution in [0.1, 0.15) is 11.1 Å². The summed E-state index contributed by atoms with van der Waals surface area (Å²) in [6.07, 6.45) is -3.43. The molecule has 2 N–H and O–H groups in total. The van der Waals surface area contributed by atoms with Gasteiger partial charge in [0.2, 0.25) is 0 Å². The average Bonchev–Trinajstić information content (AvgIpc) is 2.61. The Morgan fingerprint density at radius 1 is 1.19 bits per heavy atom. The number of anilines is 1. The van der Waals surface area contributed by atoms with Crippen molar-refractivity contribution in [2.24, 2.45) is 0 Å². The number of nitrogens with one attached hydrogen (secondary N) is 2. The van der Waals surface area contributed by atoms with Crippen LogP contribution in [0.4, 0.5) is 18.9 Å². The van der Waals surface area contributed by atoms with Crippen molar-refractivity contribution in [2.75, 3.05) is 5.32 Å².